The van der Waals surface area contributed by atoms with Crippen molar-refractivity contribution in [2.24, 2.45) is 0 Å². The second-order valence-electron chi connectivity index (χ2n) is 4.51. The zero-order chi connectivity index (χ0) is 15.1. The molecular formula is C14H17ClN4O2. The van der Waals surface area contributed by atoms with E-state index in [9.17, 15) is 9.90 Å². The number of hydrogen-bond donors (Lipinski definition) is 3. The van der Waals surface area contributed by atoms with Crippen LogP contribution in [0.5, 0.6) is 0 Å². The summed E-state index contributed by atoms with van der Waals surface area (Å²) in [5.74, 6) is 0. The number of aliphatic hydroxyl groups excluding tert-OH is 1. The zero-order valence-electron chi connectivity index (χ0n) is 11.4. The van der Waals surface area contributed by atoms with Crippen LogP contribution in [0, 0.1) is 0 Å². The van der Waals surface area contributed by atoms with Gasteiger partial charge < -0.3 is 20.3 Å². The Morgan fingerprint density at radius 2 is 2.29 bits per heavy atom. The molecule has 2 amide bonds. The topological polar surface area (TPSA) is 79.2 Å². The Kier molecular flexibility index (Phi) is 5.59. The molecule has 1 atom stereocenters. The number of imidazole rings is 1. The highest BCUT2D eigenvalue weighted by Gasteiger charge is 2.09. The molecule has 0 radical (unpaired) electrons. The number of rotatable bonds is 6. The summed E-state index contributed by atoms with van der Waals surface area (Å²) in [6.07, 6.45) is 4.40. The average molecular weight is 309 g/mol. The molecule has 21 heavy (non-hydrogen) atoms. The van der Waals surface area contributed by atoms with Crippen molar-refractivity contribution in [1.82, 2.24) is 20.2 Å². The fourth-order valence-electron chi connectivity index (χ4n) is 1.80. The number of amides is 2. The number of urea groups is 1. The number of nitrogens with zero attached hydrogens (tertiary/aromatic N) is 2. The van der Waals surface area contributed by atoms with Gasteiger partial charge in [0, 0.05) is 37.1 Å². The summed E-state index contributed by atoms with van der Waals surface area (Å²) in [7, 11) is 0. The van der Waals surface area contributed by atoms with Gasteiger partial charge in [0.05, 0.1) is 12.4 Å². The van der Waals surface area contributed by atoms with E-state index in [1.165, 1.54) is 0 Å². The minimum atomic E-state index is -0.789. The van der Waals surface area contributed by atoms with Crippen LogP contribution in [0.25, 0.3) is 0 Å². The van der Waals surface area contributed by atoms with Gasteiger partial charge in [0.1, 0.15) is 0 Å². The number of carbonyl (C=O) groups is 1. The summed E-state index contributed by atoms with van der Waals surface area (Å²) in [6.45, 7) is 1.25. The Morgan fingerprint density at radius 1 is 1.43 bits per heavy atom. The molecule has 6 nitrogen and oxygen atoms in total. The number of nitrogens with one attached hydrogen (secondary N) is 2. The Labute approximate surface area is 127 Å². The van der Waals surface area contributed by atoms with Crippen LogP contribution in [-0.4, -0.2) is 33.8 Å². The maximum absolute atomic E-state index is 11.6. The fourth-order valence-corrected chi connectivity index (χ4v) is 2.00. The quantitative estimate of drug-likeness (QED) is 0.758. The van der Waals surface area contributed by atoms with E-state index in [1.54, 1.807) is 36.8 Å². The molecule has 1 aromatic heterocycles. The molecule has 112 valence electrons. The van der Waals surface area contributed by atoms with E-state index in [4.69, 9.17) is 11.6 Å². The van der Waals surface area contributed by atoms with Gasteiger partial charge >= 0.3 is 6.03 Å². The standard InChI is InChI=1S/C14H17ClN4O2/c15-12-3-1-2-11(8-12)13(20)9-18-14(21)17-5-7-19-6-4-16-10-19/h1-4,6,8,10,13,20H,5,7,9H2,(H2,17,18,21). The van der Waals surface area contributed by atoms with Gasteiger partial charge in [-0.1, -0.05) is 23.7 Å². The number of aliphatic hydroxyl groups is 1. The Morgan fingerprint density at radius 3 is 3.00 bits per heavy atom. The summed E-state index contributed by atoms with van der Waals surface area (Å²) >= 11 is 5.85. The monoisotopic (exact) mass is 308 g/mol. The molecule has 0 aliphatic carbocycles. The molecule has 1 unspecified atom stereocenters. The largest absolute Gasteiger partial charge is 0.387 e. The van der Waals surface area contributed by atoms with Gasteiger partial charge in [0.25, 0.3) is 0 Å². The van der Waals surface area contributed by atoms with Crippen molar-refractivity contribution in [3.63, 3.8) is 0 Å². The number of carbonyl (C=O) groups excluding carboxylic acids is 1. The summed E-state index contributed by atoms with van der Waals surface area (Å²) in [5, 5.41) is 15.8. The molecule has 0 bridgehead atoms. The SMILES string of the molecule is O=C(NCCn1ccnc1)NCC(O)c1cccc(Cl)c1. The highest BCUT2D eigenvalue weighted by atomic mass is 35.5. The zero-order valence-corrected chi connectivity index (χ0v) is 12.1. The first-order valence-corrected chi connectivity index (χ1v) is 6.94. The maximum atomic E-state index is 11.6. The lowest BCUT2D eigenvalue weighted by Crippen LogP contribution is -2.39. The molecule has 0 spiro atoms. The molecule has 0 saturated carbocycles. The highest BCUT2D eigenvalue weighted by Crippen LogP contribution is 2.16. The van der Waals surface area contributed by atoms with Crippen molar-refractivity contribution in [3.8, 4) is 0 Å². The lowest BCUT2D eigenvalue weighted by molar-refractivity contribution is 0.173. The van der Waals surface area contributed by atoms with Crippen molar-refractivity contribution in [3.05, 3.63) is 53.6 Å². The van der Waals surface area contributed by atoms with Crippen molar-refractivity contribution in [1.29, 1.82) is 0 Å². The molecular weight excluding hydrogens is 292 g/mol. The van der Waals surface area contributed by atoms with Crippen LogP contribution in [-0.2, 0) is 6.54 Å². The molecule has 0 aliphatic rings. The van der Waals surface area contributed by atoms with Crippen LogP contribution in [0.3, 0.4) is 0 Å². The van der Waals surface area contributed by atoms with Gasteiger partial charge in [-0.25, -0.2) is 9.78 Å². The highest BCUT2D eigenvalue weighted by molar-refractivity contribution is 6.30. The minimum absolute atomic E-state index is 0.122. The van der Waals surface area contributed by atoms with E-state index >= 15 is 0 Å². The van der Waals surface area contributed by atoms with E-state index in [1.807, 2.05) is 10.8 Å². The number of benzene rings is 1. The van der Waals surface area contributed by atoms with E-state index in [0.717, 1.165) is 0 Å². The molecule has 3 N–H and O–H groups in total. The smallest absolute Gasteiger partial charge is 0.314 e. The van der Waals surface area contributed by atoms with Gasteiger partial charge in [-0.2, -0.15) is 0 Å². The first-order valence-electron chi connectivity index (χ1n) is 6.56. The summed E-state index contributed by atoms with van der Waals surface area (Å²) in [4.78, 5) is 15.5. The van der Waals surface area contributed by atoms with Crippen LogP contribution in [0.4, 0.5) is 4.79 Å². The predicted molar refractivity (Wildman–Crippen MR) is 80.0 cm³/mol. The maximum Gasteiger partial charge on any atom is 0.314 e. The van der Waals surface area contributed by atoms with Crippen LogP contribution in [0.15, 0.2) is 43.0 Å². The molecule has 7 heteroatoms. The Hall–Kier alpha value is -2.05. The fraction of sp³-hybridized carbons (Fsp3) is 0.286. The van der Waals surface area contributed by atoms with E-state index in [0.29, 0.717) is 23.7 Å². The van der Waals surface area contributed by atoms with Crippen molar-refractivity contribution >= 4 is 17.6 Å². The van der Waals surface area contributed by atoms with Gasteiger partial charge in [0.2, 0.25) is 0 Å². The second-order valence-corrected chi connectivity index (χ2v) is 4.94. The lowest BCUT2D eigenvalue weighted by atomic mass is 10.1. The lowest BCUT2D eigenvalue weighted by Gasteiger charge is -2.13. The average Bonchev–Trinajstić information content (AvgIpc) is 2.98. The van der Waals surface area contributed by atoms with E-state index < -0.39 is 6.10 Å². The first kappa shape index (κ1) is 15.3. The van der Waals surface area contributed by atoms with Gasteiger partial charge in [-0.15, -0.1) is 0 Å². The Bertz CT molecular complexity index is 574. The van der Waals surface area contributed by atoms with Crippen molar-refractivity contribution in [2.75, 3.05) is 13.1 Å². The minimum Gasteiger partial charge on any atom is -0.387 e. The van der Waals surface area contributed by atoms with Crippen LogP contribution >= 0.6 is 11.6 Å². The third kappa shape index (κ3) is 5.09. The summed E-state index contributed by atoms with van der Waals surface area (Å²) in [5.41, 5.74) is 0.668. The second kappa shape index (κ2) is 7.66. The number of halogens is 1. The molecule has 1 heterocycles. The van der Waals surface area contributed by atoms with Gasteiger partial charge in [-0.05, 0) is 17.7 Å². The van der Waals surface area contributed by atoms with Crippen LogP contribution in [0.2, 0.25) is 5.02 Å². The molecule has 2 rings (SSSR count). The summed E-state index contributed by atoms with van der Waals surface area (Å²) in [6, 6.07) is 6.59. The normalized spacial score (nSPS) is 11.9. The molecule has 0 aliphatic heterocycles. The van der Waals surface area contributed by atoms with Crippen LogP contribution in [0.1, 0.15) is 11.7 Å². The molecule has 2 aromatic rings. The van der Waals surface area contributed by atoms with E-state index in [-0.39, 0.29) is 12.6 Å². The molecule has 0 saturated heterocycles. The molecule has 0 fully saturated rings. The Balaban J connectivity index is 1.68. The predicted octanol–water partition coefficient (Wildman–Crippen LogP) is 1.57. The van der Waals surface area contributed by atoms with Crippen molar-refractivity contribution < 1.29 is 9.90 Å². The third-order valence-corrected chi connectivity index (χ3v) is 3.14. The molecule has 1 aromatic carbocycles. The number of hydrogen-bond acceptors (Lipinski definition) is 3. The van der Waals surface area contributed by atoms with Gasteiger partial charge in [0.15, 0.2) is 0 Å². The van der Waals surface area contributed by atoms with Crippen LogP contribution < -0.4 is 10.6 Å². The first-order chi connectivity index (χ1) is 10.1. The van der Waals surface area contributed by atoms with Gasteiger partial charge in [-0.3, -0.25) is 0 Å². The van der Waals surface area contributed by atoms with Crippen molar-refractivity contribution in [2.45, 2.75) is 12.6 Å². The van der Waals surface area contributed by atoms with E-state index in [2.05, 4.69) is 15.6 Å². The third-order valence-electron chi connectivity index (χ3n) is 2.90. The number of aromatic nitrogens is 2. The summed E-state index contributed by atoms with van der Waals surface area (Å²) < 4.78 is 1.86.